The lowest BCUT2D eigenvalue weighted by Crippen LogP contribution is -2.39. The van der Waals surface area contributed by atoms with E-state index in [1.165, 1.54) is 6.92 Å². The van der Waals surface area contributed by atoms with Gasteiger partial charge in [0.15, 0.2) is 5.78 Å². The number of rotatable bonds is 4. The number of likely N-dealkylation sites (tertiary alicyclic amines) is 1. The Morgan fingerprint density at radius 1 is 1.33 bits per heavy atom. The van der Waals surface area contributed by atoms with Gasteiger partial charge in [0.1, 0.15) is 5.75 Å². The van der Waals surface area contributed by atoms with Gasteiger partial charge in [-0.1, -0.05) is 0 Å². The van der Waals surface area contributed by atoms with E-state index in [2.05, 4.69) is 10.2 Å². The van der Waals surface area contributed by atoms with Crippen LogP contribution in [0.2, 0.25) is 0 Å². The maximum atomic E-state index is 11.6. The predicted octanol–water partition coefficient (Wildman–Crippen LogP) is 1.55. The molecule has 0 saturated carbocycles. The molecule has 0 aliphatic carbocycles. The number of hydrogen-bond donors (Lipinski definition) is 2. The largest absolute Gasteiger partial charge is 0.508 e. The Bertz CT molecular complexity index is 534. The number of phenols is 1. The van der Waals surface area contributed by atoms with Crippen LogP contribution in [0.5, 0.6) is 5.75 Å². The molecular weight excluding hydrogens is 268 g/mol. The highest BCUT2D eigenvalue weighted by atomic mass is 16.3. The molecule has 5 nitrogen and oxygen atoms in total. The monoisotopic (exact) mass is 290 g/mol. The van der Waals surface area contributed by atoms with E-state index in [9.17, 15) is 14.7 Å². The summed E-state index contributed by atoms with van der Waals surface area (Å²) in [4.78, 5) is 25.2. The van der Waals surface area contributed by atoms with Gasteiger partial charge in [-0.05, 0) is 51.1 Å². The van der Waals surface area contributed by atoms with Gasteiger partial charge in [-0.3, -0.25) is 14.5 Å². The van der Waals surface area contributed by atoms with Crippen molar-refractivity contribution in [2.75, 3.05) is 20.1 Å². The van der Waals surface area contributed by atoms with Gasteiger partial charge in [0.25, 0.3) is 0 Å². The third-order valence-corrected chi connectivity index (χ3v) is 4.08. The van der Waals surface area contributed by atoms with E-state index >= 15 is 0 Å². The second kappa shape index (κ2) is 6.72. The SMILES string of the molecule is CNC(=O)C1CCN(Cc2cc(C(C)=O)ccc2O)CC1. The van der Waals surface area contributed by atoms with E-state index in [4.69, 9.17) is 0 Å². The minimum Gasteiger partial charge on any atom is -0.508 e. The van der Waals surface area contributed by atoms with Gasteiger partial charge >= 0.3 is 0 Å². The van der Waals surface area contributed by atoms with Crippen molar-refractivity contribution in [3.05, 3.63) is 29.3 Å². The predicted molar refractivity (Wildman–Crippen MR) is 80.2 cm³/mol. The maximum Gasteiger partial charge on any atom is 0.222 e. The number of phenolic OH excluding ortho intramolecular Hbond substituents is 1. The molecule has 2 N–H and O–H groups in total. The molecule has 114 valence electrons. The normalized spacial score (nSPS) is 16.7. The molecule has 0 spiro atoms. The number of carbonyl (C=O) groups is 2. The molecule has 0 aromatic heterocycles. The summed E-state index contributed by atoms with van der Waals surface area (Å²) < 4.78 is 0. The van der Waals surface area contributed by atoms with Gasteiger partial charge in [0, 0.05) is 30.6 Å². The lowest BCUT2D eigenvalue weighted by atomic mass is 9.95. The third-order valence-electron chi connectivity index (χ3n) is 4.08. The number of carbonyl (C=O) groups excluding carboxylic acids is 2. The van der Waals surface area contributed by atoms with Crippen molar-refractivity contribution < 1.29 is 14.7 Å². The highest BCUT2D eigenvalue weighted by Gasteiger charge is 2.24. The van der Waals surface area contributed by atoms with E-state index in [1.54, 1.807) is 25.2 Å². The van der Waals surface area contributed by atoms with E-state index in [-0.39, 0.29) is 23.4 Å². The van der Waals surface area contributed by atoms with Crippen molar-refractivity contribution in [1.82, 2.24) is 10.2 Å². The molecule has 2 rings (SSSR count). The molecule has 1 aliphatic rings. The number of benzene rings is 1. The first kappa shape index (κ1) is 15.5. The molecule has 5 heteroatoms. The molecule has 0 radical (unpaired) electrons. The molecule has 1 aliphatic heterocycles. The van der Waals surface area contributed by atoms with Gasteiger partial charge < -0.3 is 10.4 Å². The van der Waals surface area contributed by atoms with Crippen LogP contribution in [-0.2, 0) is 11.3 Å². The van der Waals surface area contributed by atoms with Gasteiger partial charge in [0.05, 0.1) is 0 Å². The molecule has 1 aromatic carbocycles. The van der Waals surface area contributed by atoms with Gasteiger partial charge in [-0.2, -0.15) is 0 Å². The summed E-state index contributed by atoms with van der Waals surface area (Å²) in [6, 6.07) is 4.96. The summed E-state index contributed by atoms with van der Waals surface area (Å²) in [6.45, 7) is 3.77. The second-order valence-electron chi connectivity index (χ2n) is 5.56. The molecule has 1 saturated heterocycles. The minimum atomic E-state index is -0.00502. The average Bonchev–Trinajstić information content (AvgIpc) is 2.49. The zero-order valence-electron chi connectivity index (χ0n) is 12.6. The van der Waals surface area contributed by atoms with Crippen LogP contribution >= 0.6 is 0 Å². The number of nitrogens with zero attached hydrogens (tertiary/aromatic N) is 1. The number of aromatic hydroxyl groups is 1. The molecule has 1 fully saturated rings. The third kappa shape index (κ3) is 3.82. The Labute approximate surface area is 125 Å². The number of hydrogen-bond acceptors (Lipinski definition) is 4. The Hall–Kier alpha value is -1.88. The molecule has 1 aromatic rings. The number of piperidine rings is 1. The van der Waals surface area contributed by atoms with Crippen LogP contribution in [0.1, 0.15) is 35.7 Å². The van der Waals surface area contributed by atoms with Crippen LogP contribution in [0, 0.1) is 5.92 Å². The topological polar surface area (TPSA) is 69.6 Å². The Balaban J connectivity index is 1.99. The number of amides is 1. The van der Waals surface area contributed by atoms with Crippen molar-refractivity contribution in [2.45, 2.75) is 26.3 Å². The van der Waals surface area contributed by atoms with Crippen LogP contribution in [0.4, 0.5) is 0 Å². The van der Waals surface area contributed by atoms with E-state index in [0.717, 1.165) is 31.5 Å². The number of Topliss-reactive ketones (excluding diaryl/α,β-unsaturated/α-hetero) is 1. The molecule has 0 atom stereocenters. The zero-order chi connectivity index (χ0) is 15.4. The standard InChI is InChI=1S/C16H22N2O3/c1-11(19)13-3-4-15(20)14(9-13)10-18-7-5-12(6-8-18)16(21)17-2/h3-4,9,12,20H,5-8,10H2,1-2H3,(H,17,21). The Morgan fingerprint density at radius 2 is 2.00 bits per heavy atom. The highest BCUT2D eigenvalue weighted by Crippen LogP contribution is 2.24. The van der Waals surface area contributed by atoms with Gasteiger partial charge in [-0.15, -0.1) is 0 Å². The Morgan fingerprint density at radius 3 is 2.57 bits per heavy atom. The summed E-state index contributed by atoms with van der Waals surface area (Å²) in [6.07, 6.45) is 1.65. The lowest BCUT2D eigenvalue weighted by Gasteiger charge is -2.31. The summed E-state index contributed by atoms with van der Waals surface area (Å²) in [7, 11) is 1.67. The molecule has 21 heavy (non-hydrogen) atoms. The van der Waals surface area contributed by atoms with Gasteiger partial charge in [0.2, 0.25) is 5.91 Å². The van der Waals surface area contributed by atoms with E-state index in [1.807, 2.05) is 0 Å². The van der Waals surface area contributed by atoms with Crippen LogP contribution < -0.4 is 5.32 Å². The second-order valence-corrected chi connectivity index (χ2v) is 5.56. The van der Waals surface area contributed by atoms with Crippen LogP contribution in [0.15, 0.2) is 18.2 Å². The molecule has 1 amide bonds. The zero-order valence-corrected chi connectivity index (χ0v) is 12.6. The summed E-state index contributed by atoms with van der Waals surface area (Å²) >= 11 is 0. The quantitative estimate of drug-likeness (QED) is 0.826. The van der Waals surface area contributed by atoms with Crippen LogP contribution in [-0.4, -0.2) is 41.8 Å². The molecule has 0 unspecified atom stereocenters. The van der Waals surface area contributed by atoms with Gasteiger partial charge in [-0.25, -0.2) is 0 Å². The lowest BCUT2D eigenvalue weighted by molar-refractivity contribution is -0.125. The van der Waals surface area contributed by atoms with Crippen molar-refractivity contribution in [3.8, 4) is 5.75 Å². The Kier molecular flexibility index (Phi) is 4.96. The van der Waals surface area contributed by atoms with E-state index in [0.29, 0.717) is 12.1 Å². The summed E-state index contributed by atoms with van der Waals surface area (Å²) in [5.41, 5.74) is 1.38. The number of nitrogens with one attached hydrogen (secondary N) is 1. The van der Waals surface area contributed by atoms with Crippen molar-refractivity contribution in [1.29, 1.82) is 0 Å². The average molecular weight is 290 g/mol. The van der Waals surface area contributed by atoms with E-state index < -0.39 is 0 Å². The van der Waals surface area contributed by atoms with Crippen LogP contribution in [0.25, 0.3) is 0 Å². The molecule has 1 heterocycles. The maximum absolute atomic E-state index is 11.6. The summed E-state index contributed by atoms with van der Waals surface area (Å²) in [5.74, 6) is 0.405. The molecule has 0 bridgehead atoms. The summed E-state index contributed by atoms with van der Waals surface area (Å²) in [5, 5.41) is 12.6. The molecular formula is C16H22N2O3. The fourth-order valence-corrected chi connectivity index (χ4v) is 2.73. The minimum absolute atomic E-state index is 0.00502. The fourth-order valence-electron chi connectivity index (χ4n) is 2.73. The highest BCUT2D eigenvalue weighted by molar-refractivity contribution is 5.94. The fraction of sp³-hybridized carbons (Fsp3) is 0.500. The van der Waals surface area contributed by atoms with Crippen molar-refractivity contribution >= 4 is 11.7 Å². The van der Waals surface area contributed by atoms with Crippen molar-refractivity contribution in [2.24, 2.45) is 5.92 Å². The number of ketones is 1. The van der Waals surface area contributed by atoms with Crippen LogP contribution in [0.3, 0.4) is 0 Å². The first-order valence-electron chi connectivity index (χ1n) is 7.28. The smallest absolute Gasteiger partial charge is 0.222 e. The van der Waals surface area contributed by atoms with Crippen molar-refractivity contribution in [3.63, 3.8) is 0 Å². The first-order valence-corrected chi connectivity index (χ1v) is 7.28. The first-order chi connectivity index (χ1) is 10.0.